The summed E-state index contributed by atoms with van der Waals surface area (Å²) in [5.41, 5.74) is 3.23. The zero-order chi connectivity index (χ0) is 14.8. The van der Waals surface area contributed by atoms with E-state index in [2.05, 4.69) is 18.2 Å². The fraction of sp³-hybridized carbons (Fsp3) is 0.100. The lowest BCUT2D eigenvalue weighted by Gasteiger charge is -2.33. The van der Waals surface area contributed by atoms with Gasteiger partial charge >= 0.3 is 0 Å². The number of hydrogen-bond acceptors (Lipinski definition) is 2. The molecule has 0 aliphatic carbocycles. The molecule has 4 rings (SSSR count). The van der Waals surface area contributed by atoms with Crippen LogP contribution < -0.4 is 4.74 Å². The summed E-state index contributed by atoms with van der Waals surface area (Å²) in [7, 11) is 0. The minimum Gasteiger partial charge on any atom is -0.460 e. The summed E-state index contributed by atoms with van der Waals surface area (Å²) in [6.45, 7) is 0. The van der Waals surface area contributed by atoms with Gasteiger partial charge in [-0.05, 0) is 11.6 Å². The Bertz CT molecular complexity index is 753. The van der Waals surface area contributed by atoms with Crippen molar-refractivity contribution in [3.8, 4) is 5.75 Å². The predicted molar refractivity (Wildman–Crippen MR) is 85.6 cm³/mol. The number of para-hydroxylation sites is 1. The summed E-state index contributed by atoms with van der Waals surface area (Å²) in [4.78, 5) is 0. The van der Waals surface area contributed by atoms with Crippen molar-refractivity contribution in [1.29, 1.82) is 0 Å². The third kappa shape index (κ3) is 2.38. The Labute approximate surface area is 129 Å². The maximum absolute atomic E-state index is 6.26. The van der Waals surface area contributed by atoms with Crippen LogP contribution in [0.3, 0.4) is 0 Å². The van der Waals surface area contributed by atoms with Gasteiger partial charge in [-0.1, -0.05) is 78.9 Å². The molecule has 22 heavy (non-hydrogen) atoms. The second-order valence-electron chi connectivity index (χ2n) is 5.33. The van der Waals surface area contributed by atoms with Gasteiger partial charge in [-0.15, -0.1) is 0 Å². The Morgan fingerprint density at radius 2 is 1.18 bits per heavy atom. The van der Waals surface area contributed by atoms with Crippen molar-refractivity contribution < 1.29 is 9.47 Å². The molecule has 2 nitrogen and oxygen atoms in total. The van der Waals surface area contributed by atoms with E-state index in [1.54, 1.807) is 0 Å². The van der Waals surface area contributed by atoms with Gasteiger partial charge in [0, 0.05) is 11.1 Å². The van der Waals surface area contributed by atoms with Gasteiger partial charge in [-0.2, -0.15) is 0 Å². The highest BCUT2D eigenvalue weighted by molar-refractivity contribution is 5.42. The maximum atomic E-state index is 6.26. The second-order valence-corrected chi connectivity index (χ2v) is 5.33. The molecule has 1 heterocycles. The quantitative estimate of drug-likeness (QED) is 0.669. The van der Waals surface area contributed by atoms with Gasteiger partial charge in [-0.3, -0.25) is 0 Å². The number of benzene rings is 3. The van der Waals surface area contributed by atoms with Crippen molar-refractivity contribution >= 4 is 0 Å². The Balaban J connectivity index is 1.77. The molecule has 2 heteroatoms. The number of hydrogen-bond donors (Lipinski definition) is 0. The third-order valence-electron chi connectivity index (χ3n) is 3.87. The molecule has 2 atom stereocenters. The van der Waals surface area contributed by atoms with Gasteiger partial charge in [0.05, 0.1) is 0 Å². The summed E-state index contributed by atoms with van der Waals surface area (Å²) in [5.74, 6) is 0.886. The molecule has 0 saturated heterocycles. The molecule has 0 amide bonds. The van der Waals surface area contributed by atoms with Crippen molar-refractivity contribution in [2.45, 2.75) is 12.4 Å². The van der Waals surface area contributed by atoms with E-state index in [9.17, 15) is 0 Å². The molecule has 1 aliphatic rings. The van der Waals surface area contributed by atoms with Gasteiger partial charge < -0.3 is 9.47 Å². The van der Waals surface area contributed by atoms with E-state index in [-0.39, 0.29) is 12.4 Å². The van der Waals surface area contributed by atoms with Crippen LogP contribution in [0.4, 0.5) is 0 Å². The van der Waals surface area contributed by atoms with Crippen LogP contribution in [0, 0.1) is 0 Å². The predicted octanol–water partition coefficient (Wildman–Crippen LogP) is 4.88. The van der Waals surface area contributed by atoms with E-state index in [1.807, 2.05) is 66.7 Å². The first kappa shape index (κ1) is 13.1. The van der Waals surface area contributed by atoms with E-state index >= 15 is 0 Å². The second kappa shape index (κ2) is 5.66. The summed E-state index contributed by atoms with van der Waals surface area (Å²) in [6.07, 6.45) is -0.502. The molecule has 0 radical (unpaired) electrons. The fourth-order valence-corrected chi connectivity index (χ4v) is 2.79. The van der Waals surface area contributed by atoms with Crippen molar-refractivity contribution in [3.05, 3.63) is 102 Å². The zero-order valence-electron chi connectivity index (χ0n) is 12.1. The van der Waals surface area contributed by atoms with Gasteiger partial charge in [0.15, 0.2) is 0 Å². The average molecular weight is 288 g/mol. The average Bonchev–Trinajstić information content (AvgIpc) is 2.62. The lowest BCUT2D eigenvalue weighted by molar-refractivity contribution is -0.131. The first-order valence-corrected chi connectivity index (χ1v) is 7.43. The molecule has 0 aromatic heterocycles. The summed E-state index contributed by atoms with van der Waals surface area (Å²) < 4.78 is 12.3. The van der Waals surface area contributed by atoms with Crippen LogP contribution >= 0.6 is 0 Å². The van der Waals surface area contributed by atoms with Crippen molar-refractivity contribution in [3.63, 3.8) is 0 Å². The molecule has 2 unspecified atom stereocenters. The topological polar surface area (TPSA) is 18.5 Å². The van der Waals surface area contributed by atoms with E-state index in [1.165, 1.54) is 0 Å². The molecular formula is C20H16O2. The van der Waals surface area contributed by atoms with E-state index < -0.39 is 0 Å². The number of rotatable bonds is 2. The monoisotopic (exact) mass is 288 g/mol. The molecule has 108 valence electrons. The Hall–Kier alpha value is -2.58. The van der Waals surface area contributed by atoms with E-state index in [4.69, 9.17) is 9.47 Å². The van der Waals surface area contributed by atoms with Gasteiger partial charge in [-0.25, -0.2) is 0 Å². The number of fused-ring (bicyclic) bond motifs is 1. The summed E-state index contributed by atoms with van der Waals surface area (Å²) in [5, 5.41) is 0. The van der Waals surface area contributed by atoms with Gasteiger partial charge in [0.2, 0.25) is 6.29 Å². The van der Waals surface area contributed by atoms with Crippen LogP contribution in [-0.4, -0.2) is 0 Å². The van der Waals surface area contributed by atoms with Crippen LogP contribution in [0.1, 0.15) is 29.1 Å². The van der Waals surface area contributed by atoms with Crippen molar-refractivity contribution in [1.82, 2.24) is 0 Å². The molecule has 0 fully saturated rings. The van der Waals surface area contributed by atoms with Crippen LogP contribution in [0.2, 0.25) is 0 Å². The molecule has 0 bridgehead atoms. The summed E-state index contributed by atoms with van der Waals surface area (Å²) >= 11 is 0. The van der Waals surface area contributed by atoms with Crippen LogP contribution in [-0.2, 0) is 4.74 Å². The Kier molecular flexibility index (Phi) is 3.37. The molecule has 0 spiro atoms. The summed E-state index contributed by atoms with van der Waals surface area (Å²) in [6, 6.07) is 28.4. The molecule has 3 aromatic rings. The molecule has 3 aromatic carbocycles. The van der Waals surface area contributed by atoms with Crippen molar-refractivity contribution in [2.75, 3.05) is 0 Å². The van der Waals surface area contributed by atoms with Crippen LogP contribution in [0.25, 0.3) is 0 Å². The minimum atomic E-state index is -0.388. The molecule has 0 N–H and O–H groups in total. The van der Waals surface area contributed by atoms with Crippen LogP contribution in [0.15, 0.2) is 84.9 Å². The smallest absolute Gasteiger partial charge is 0.227 e. The Morgan fingerprint density at radius 3 is 1.91 bits per heavy atom. The first-order valence-electron chi connectivity index (χ1n) is 7.43. The van der Waals surface area contributed by atoms with Crippen LogP contribution in [0.5, 0.6) is 5.75 Å². The lowest BCUT2D eigenvalue weighted by Crippen LogP contribution is -2.22. The Morgan fingerprint density at radius 1 is 0.591 bits per heavy atom. The van der Waals surface area contributed by atoms with E-state index in [0.29, 0.717) is 0 Å². The molecular weight excluding hydrogens is 272 g/mol. The first-order chi connectivity index (χ1) is 10.9. The SMILES string of the molecule is c1ccc(C2Oc3ccccc3C(c3ccccc3)O2)cc1. The molecule has 1 aliphatic heterocycles. The molecule has 0 saturated carbocycles. The standard InChI is InChI=1S/C20H16O2/c1-3-9-15(10-4-1)19-17-13-7-8-14-18(17)21-20(22-19)16-11-5-2-6-12-16/h1-14,19-20H. The maximum Gasteiger partial charge on any atom is 0.227 e. The third-order valence-corrected chi connectivity index (χ3v) is 3.87. The van der Waals surface area contributed by atoms with Gasteiger partial charge in [0.25, 0.3) is 0 Å². The zero-order valence-corrected chi connectivity index (χ0v) is 12.1. The highest BCUT2D eigenvalue weighted by Crippen LogP contribution is 2.42. The van der Waals surface area contributed by atoms with E-state index in [0.717, 1.165) is 22.4 Å². The fourth-order valence-electron chi connectivity index (χ4n) is 2.79. The number of ether oxygens (including phenoxy) is 2. The highest BCUT2D eigenvalue weighted by Gasteiger charge is 2.30. The van der Waals surface area contributed by atoms with Gasteiger partial charge in [0.1, 0.15) is 11.9 Å². The normalized spacial score (nSPS) is 20.0. The minimum absolute atomic E-state index is 0.114. The lowest BCUT2D eigenvalue weighted by atomic mass is 9.99. The highest BCUT2D eigenvalue weighted by atomic mass is 16.7. The largest absolute Gasteiger partial charge is 0.460 e. The van der Waals surface area contributed by atoms with Crippen molar-refractivity contribution in [2.24, 2.45) is 0 Å².